The highest BCUT2D eigenvalue weighted by molar-refractivity contribution is 7.47. The van der Waals surface area contributed by atoms with Gasteiger partial charge in [-0.25, -0.2) is 4.57 Å². The number of nitrogens with one attached hydrogen (secondary N) is 1. The highest BCUT2D eigenvalue weighted by Crippen LogP contribution is 2.43. The molecule has 3 atom stereocenters. The predicted octanol–water partition coefficient (Wildman–Crippen LogP) is 25.9. The van der Waals surface area contributed by atoms with E-state index >= 15 is 0 Å². The first kappa shape index (κ1) is 89.0. The summed E-state index contributed by atoms with van der Waals surface area (Å²) in [4.78, 5) is 38.1. The molecule has 91 heavy (non-hydrogen) atoms. The van der Waals surface area contributed by atoms with Gasteiger partial charge in [-0.1, -0.05) is 352 Å². The number of phosphoric ester groups is 1. The minimum Gasteiger partial charge on any atom is -0.456 e. The molecule has 0 aromatic rings. The van der Waals surface area contributed by atoms with Gasteiger partial charge in [0.1, 0.15) is 19.3 Å². The Balaban J connectivity index is 4.93. The van der Waals surface area contributed by atoms with Gasteiger partial charge in [0.05, 0.1) is 33.8 Å². The van der Waals surface area contributed by atoms with E-state index in [-0.39, 0.29) is 25.1 Å². The molecule has 0 bridgehead atoms. The van der Waals surface area contributed by atoms with Crippen molar-refractivity contribution in [2.24, 2.45) is 0 Å². The third-order valence-electron chi connectivity index (χ3n) is 18.2. The summed E-state index contributed by atoms with van der Waals surface area (Å²) < 4.78 is 31.0. The third-order valence-corrected chi connectivity index (χ3v) is 19.2. The number of carbonyl (C=O) groups is 2. The second-order valence-electron chi connectivity index (χ2n) is 28.6. The number of hydrogen-bond acceptors (Lipinski definition) is 6. The van der Waals surface area contributed by atoms with Crippen LogP contribution < -0.4 is 5.32 Å². The molecule has 0 aromatic heterocycles. The molecule has 0 fully saturated rings. The molecule has 0 aromatic carbocycles. The molecule has 0 rings (SSSR count). The third kappa shape index (κ3) is 72.1. The molecule has 0 saturated heterocycles. The average molecular weight is 1300 g/mol. The summed E-state index contributed by atoms with van der Waals surface area (Å²) in [7, 11) is 1.52. The van der Waals surface area contributed by atoms with Crippen LogP contribution in [0.5, 0.6) is 0 Å². The van der Waals surface area contributed by atoms with Gasteiger partial charge in [-0.2, -0.15) is 0 Å². The summed E-state index contributed by atoms with van der Waals surface area (Å²) in [6.07, 6.45) is 91.5. The summed E-state index contributed by atoms with van der Waals surface area (Å²) in [5.41, 5.74) is 0. The van der Waals surface area contributed by atoms with Gasteiger partial charge in [0.25, 0.3) is 0 Å². The molecule has 0 radical (unpaired) electrons. The Morgan fingerprint density at radius 1 is 0.385 bits per heavy atom. The zero-order chi connectivity index (χ0) is 66.3. The van der Waals surface area contributed by atoms with E-state index in [1.54, 1.807) is 0 Å². The van der Waals surface area contributed by atoms with Crippen LogP contribution in [0.4, 0.5) is 0 Å². The van der Waals surface area contributed by atoms with E-state index in [1.807, 2.05) is 27.2 Å². The molecular weight excluding hydrogens is 1140 g/mol. The van der Waals surface area contributed by atoms with E-state index in [9.17, 15) is 19.0 Å². The van der Waals surface area contributed by atoms with Gasteiger partial charge >= 0.3 is 13.8 Å². The van der Waals surface area contributed by atoms with Gasteiger partial charge < -0.3 is 19.4 Å². The predicted molar refractivity (Wildman–Crippen MR) is 397 cm³/mol. The van der Waals surface area contributed by atoms with Crippen molar-refractivity contribution >= 4 is 19.7 Å². The molecule has 2 N–H and O–H groups in total. The number of allylic oxidation sites excluding steroid dienone is 7. The van der Waals surface area contributed by atoms with Crippen molar-refractivity contribution in [2.45, 2.75) is 418 Å². The summed E-state index contributed by atoms with van der Waals surface area (Å²) in [5.74, 6) is -0.481. The van der Waals surface area contributed by atoms with E-state index in [1.165, 1.54) is 308 Å². The summed E-state index contributed by atoms with van der Waals surface area (Å²) in [5, 5.41) is 3.09. The lowest BCUT2D eigenvalue weighted by Crippen LogP contribution is -2.47. The van der Waals surface area contributed by atoms with Gasteiger partial charge in [0.15, 0.2) is 0 Å². The summed E-state index contributed by atoms with van der Waals surface area (Å²) >= 11 is 0. The molecular formula is C81H156N2O7P+. The number of rotatable bonds is 74. The minimum atomic E-state index is -4.46. The topological polar surface area (TPSA) is 111 Å². The van der Waals surface area contributed by atoms with Crippen molar-refractivity contribution in [1.82, 2.24) is 5.32 Å². The fourth-order valence-corrected chi connectivity index (χ4v) is 12.8. The number of phosphoric acid groups is 1. The first-order valence-electron chi connectivity index (χ1n) is 40.0. The van der Waals surface area contributed by atoms with Crippen LogP contribution in [0.15, 0.2) is 48.6 Å². The van der Waals surface area contributed by atoms with E-state index in [2.05, 4.69) is 68.6 Å². The van der Waals surface area contributed by atoms with Crippen molar-refractivity contribution in [2.75, 3.05) is 40.9 Å². The smallest absolute Gasteiger partial charge is 0.456 e. The number of nitrogens with zero attached hydrogens (tertiary/aromatic N) is 1. The highest BCUT2D eigenvalue weighted by Gasteiger charge is 2.30. The van der Waals surface area contributed by atoms with Crippen LogP contribution in [0.2, 0.25) is 0 Å². The summed E-state index contributed by atoms with van der Waals surface area (Å²) in [6.45, 7) is 7.06. The second-order valence-corrected chi connectivity index (χ2v) is 30.0. The van der Waals surface area contributed by atoms with Crippen molar-refractivity contribution < 1.29 is 37.3 Å². The Hall–Kier alpha value is -2.03. The zero-order valence-electron chi connectivity index (χ0n) is 61.6. The lowest BCUT2D eigenvalue weighted by molar-refractivity contribution is -0.870. The van der Waals surface area contributed by atoms with Crippen LogP contribution in [-0.4, -0.2) is 74.3 Å². The lowest BCUT2D eigenvalue weighted by atomic mass is 10.0. The number of hydrogen-bond donors (Lipinski definition) is 2. The Morgan fingerprint density at radius 2 is 0.670 bits per heavy atom. The van der Waals surface area contributed by atoms with Gasteiger partial charge in [0, 0.05) is 12.8 Å². The van der Waals surface area contributed by atoms with E-state index < -0.39 is 20.0 Å². The SMILES string of the molecule is CCCCC/C=C\C/C=C\CCCCCCCCCCCCCCCCCCCC(=O)OC(/C=C/CCCCCCCCCCCCC)C(COP(=O)(O)OCC[N+](C)(C)C)NC(=O)CCCCCCCCCCCCCCCCC/C=C/CCCCCCCC. The van der Waals surface area contributed by atoms with Crippen molar-refractivity contribution in [3.05, 3.63) is 48.6 Å². The first-order valence-corrected chi connectivity index (χ1v) is 41.5. The largest absolute Gasteiger partial charge is 0.472 e. The molecule has 536 valence electrons. The van der Waals surface area contributed by atoms with Crippen LogP contribution in [0, 0.1) is 0 Å². The second kappa shape index (κ2) is 70.8. The van der Waals surface area contributed by atoms with E-state index in [0.29, 0.717) is 23.9 Å². The maximum absolute atomic E-state index is 13.7. The maximum Gasteiger partial charge on any atom is 0.472 e. The molecule has 0 aliphatic carbocycles. The number of esters is 1. The van der Waals surface area contributed by atoms with Crippen LogP contribution in [-0.2, 0) is 27.9 Å². The monoisotopic (exact) mass is 1300 g/mol. The molecule has 3 unspecified atom stereocenters. The molecule has 9 nitrogen and oxygen atoms in total. The lowest BCUT2D eigenvalue weighted by Gasteiger charge is -2.27. The fraction of sp³-hybridized carbons (Fsp3) is 0.877. The van der Waals surface area contributed by atoms with Crippen molar-refractivity contribution in [1.29, 1.82) is 0 Å². The number of ether oxygens (including phenoxy) is 1. The maximum atomic E-state index is 13.7. The molecule has 0 spiro atoms. The van der Waals surface area contributed by atoms with Crippen LogP contribution in [0.1, 0.15) is 406 Å². The van der Waals surface area contributed by atoms with Gasteiger partial charge in [0.2, 0.25) is 5.91 Å². The van der Waals surface area contributed by atoms with Crippen LogP contribution in [0.3, 0.4) is 0 Å². The molecule has 0 saturated carbocycles. The number of likely N-dealkylation sites (N-methyl/N-ethyl adjacent to an activating group) is 1. The summed E-state index contributed by atoms with van der Waals surface area (Å²) in [6, 6.07) is -0.847. The number of unbranched alkanes of at least 4 members (excludes halogenated alkanes) is 52. The minimum absolute atomic E-state index is 0.0429. The van der Waals surface area contributed by atoms with Crippen LogP contribution in [0.25, 0.3) is 0 Å². The van der Waals surface area contributed by atoms with Gasteiger partial charge in [-0.15, -0.1) is 0 Å². The molecule has 10 heteroatoms. The normalized spacial score (nSPS) is 13.6. The number of amides is 1. The zero-order valence-corrected chi connectivity index (χ0v) is 62.5. The Kier molecular flexibility index (Phi) is 69.2. The Bertz CT molecular complexity index is 1690. The van der Waals surface area contributed by atoms with E-state index in [4.69, 9.17) is 13.8 Å². The van der Waals surface area contributed by atoms with Crippen LogP contribution >= 0.6 is 7.82 Å². The quantitative estimate of drug-likeness (QED) is 0.0205. The molecule has 1 amide bonds. The molecule has 0 heterocycles. The van der Waals surface area contributed by atoms with Crippen molar-refractivity contribution in [3.8, 4) is 0 Å². The first-order chi connectivity index (χ1) is 44.4. The fourth-order valence-electron chi connectivity index (χ4n) is 12.1. The van der Waals surface area contributed by atoms with E-state index in [0.717, 1.165) is 64.2 Å². The Morgan fingerprint density at radius 3 is 1.02 bits per heavy atom. The molecule has 0 aliphatic rings. The number of carbonyl (C=O) groups excluding carboxylic acids is 2. The molecule has 0 aliphatic heterocycles. The standard InChI is InChI=1S/C81H155N2O7P/c1-7-10-13-16-19-22-25-28-30-32-34-36-38-40-41-43-45-47-49-51-53-56-59-62-65-68-71-74-81(85)90-79(72-69-66-63-60-57-54-27-24-21-18-15-12-9-3)78(77-89-91(86,87)88-76-75-83(4,5)6)82-80(84)73-70-67-64-61-58-55-52-50-48-46-44-42-39-37-35-33-31-29-26-23-20-17-14-11-8-2/h19,22,28-31,69,72,78-79H,7-18,20-21,23-27,32-68,70-71,73-77H2,1-6H3,(H-,82,84,86,87)/p+1/b22-19-,30-28-,31-29+,72-69+. The van der Waals surface area contributed by atoms with Gasteiger partial charge in [-0.05, 0) is 89.5 Å². The Labute approximate surface area is 567 Å². The van der Waals surface area contributed by atoms with Gasteiger partial charge in [-0.3, -0.25) is 18.6 Å². The average Bonchev–Trinajstić information content (AvgIpc) is 3.73. The van der Waals surface area contributed by atoms with Crippen molar-refractivity contribution in [3.63, 3.8) is 0 Å². The number of quaternary nitrogens is 1. The highest BCUT2D eigenvalue weighted by atomic mass is 31.2.